The molecule has 7 nitrogen and oxygen atoms in total. The number of nitrogens with one attached hydrogen (secondary N) is 2. The van der Waals surface area contributed by atoms with Crippen molar-refractivity contribution < 1.29 is 17.2 Å². The maximum Gasteiger partial charge on any atom is 0.239 e. The largest absolute Gasteiger partial charge is 0.472 e. The first-order valence-electron chi connectivity index (χ1n) is 9.89. The summed E-state index contributed by atoms with van der Waals surface area (Å²) in [6.45, 7) is 1.89. The summed E-state index contributed by atoms with van der Waals surface area (Å²) >= 11 is 7.89. The molecule has 0 spiro atoms. The molecule has 1 aliphatic heterocycles. The molecule has 0 saturated carbocycles. The van der Waals surface area contributed by atoms with Gasteiger partial charge in [0.25, 0.3) is 0 Å². The highest BCUT2D eigenvalue weighted by Gasteiger charge is 2.35. The van der Waals surface area contributed by atoms with E-state index < -0.39 is 21.9 Å². The Morgan fingerprint density at radius 3 is 2.76 bits per heavy atom. The van der Waals surface area contributed by atoms with Crippen molar-refractivity contribution in [1.82, 2.24) is 14.6 Å². The summed E-state index contributed by atoms with van der Waals surface area (Å²) < 4.78 is 46.8. The Morgan fingerprint density at radius 2 is 2.09 bits per heavy atom. The van der Waals surface area contributed by atoms with Crippen molar-refractivity contribution in [3.8, 4) is 22.4 Å². The van der Waals surface area contributed by atoms with Crippen LogP contribution in [-0.4, -0.2) is 36.5 Å². The molecule has 4 aromatic rings. The molecule has 1 atom stereocenters. The molecule has 0 radical (unpaired) electrons. The zero-order chi connectivity index (χ0) is 23.5. The van der Waals surface area contributed by atoms with E-state index in [1.54, 1.807) is 36.9 Å². The number of guanidine groups is 1. The minimum atomic E-state index is -3.65. The highest BCUT2D eigenvalue weighted by Crippen LogP contribution is 2.44. The Balaban J connectivity index is 1.60. The monoisotopic (exact) mass is 504 g/mol. The van der Waals surface area contributed by atoms with Gasteiger partial charge in [0.15, 0.2) is 0 Å². The minimum absolute atomic E-state index is 0.228. The smallest absolute Gasteiger partial charge is 0.239 e. The van der Waals surface area contributed by atoms with Gasteiger partial charge in [-0.1, -0.05) is 17.7 Å². The van der Waals surface area contributed by atoms with Gasteiger partial charge in [0.1, 0.15) is 5.82 Å². The fourth-order valence-corrected chi connectivity index (χ4v) is 6.89. The van der Waals surface area contributed by atoms with Crippen LogP contribution in [-0.2, 0) is 10.0 Å². The third-order valence-electron chi connectivity index (χ3n) is 5.70. The SMILES string of the molecule is Cc1cocc1-c1ccc(-c2nccc3c(Cl)c(C4CS(=O)(=O)N(C)C(=N)N4)sc23)c(F)c1. The first-order chi connectivity index (χ1) is 15.7. The van der Waals surface area contributed by atoms with Gasteiger partial charge in [-0.2, -0.15) is 0 Å². The second kappa shape index (κ2) is 7.82. The van der Waals surface area contributed by atoms with Crippen LogP contribution in [0.5, 0.6) is 0 Å². The molecule has 3 aromatic heterocycles. The summed E-state index contributed by atoms with van der Waals surface area (Å²) in [6.07, 6.45) is 4.73. The van der Waals surface area contributed by atoms with E-state index in [2.05, 4.69) is 10.3 Å². The van der Waals surface area contributed by atoms with Gasteiger partial charge in [0, 0.05) is 34.6 Å². The average molecular weight is 505 g/mol. The summed E-state index contributed by atoms with van der Waals surface area (Å²) in [5, 5.41) is 11.9. The van der Waals surface area contributed by atoms with Crippen molar-refractivity contribution in [2.45, 2.75) is 13.0 Å². The normalized spacial score (nSPS) is 18.0. The molecule has 1 aliphatic rings. The highest BCUT2D eigenvalue weighted by molar-refractivity contribution is 7.89. The fraction of sp³-hybridized carbons (Fsp3) is 0.182. The molecule has 33 heavy (non-hydrogen) atoms. The average Bonchev–Trinajstić information content (AvgIpc) is 3.35. The Hall–Kier alpha value is -2.95. The maximum absolute atomic E-state index is 15.2. The number of fused-ring (bicyclic) bond motifs is 1. The number of furan rings is 1. The highest BCUT2D eigenvalue weighted by atomic mass is 35.5. The van der Waals surface area contributed by atoms with Gasteiger partial charge >= 0.3 is 0 Å². The third-order valence-corrected chi connectivity index (χ3v) is 9.31. The topological polar surface area (TPSA) is 99.3 Å². The fourth-order valence-electron chi connectivity index (χ4n) is 3.86. The van der Waals surface area contributed by atoms with E-state index >= 15 is 4.39 Å². The molecule has 1 aromatic carbocycles. The zero-order valence-corrected chi connectivity index (χ0v) is 19.9. The maximum atomic E-state index is 15.2. The Kier molecular flexibility index (Phi) is 5.19. The van der Waals surface area contributed by atoms with E-state index in [4.69, 9.17) is 21.4 Å². The number of hydrogen-bond acceptors (Lipinski definition) is 6. The molecular weight excluding hydrogens is 487 g/mol. The molecule has 1 saturated heterocycles. The van der Waals surface area contributed by atoms with E-state index in [0.717, 1.165) is 15.4 Å². The van der Waals surface area contributed by atoms with Crippen LogP contribution >= 0.6 is 22.9 Å². The summed E-state index contributed by atoms with van der Waals surface area (Å²) in [5.74, 6) is -0.913. The number of rotatable bonds is 3. The lowest BCUT2D eigenvalue weighted by molar-refractivity contribution is 0.508. The molecule has 5 rings (SSSR count). The Labute approximate surface area is 198 Å². The predicted molar refractivity (Wildman–Crippen MR) is 128 cm³/mol. The number of pyridine rings is 1. The molecule has 0 amide bonds. The first-order valence-corrected chi connectivity index (χ1v) is 12.7. The van der Waals surface area contributed by atoms with Crippen LogP contribution < -0.4 is 5.32 Å². The van der Waals surface area contributed by atoms with E-state index in [-0.39, 0.29) is 11.7 Å². The summed E-state index contributed by atoms with van der Waals surface area (Å²) in [7, 11) is -2.32. The van der Waals surface area contributed by atoms with Gasteiger partial charge < -0.3 is 9.73 Å². The van der Waals surface area contributed by atoms with Crippen molar-refractivity contribution >= 4 is 49.0 Å². The number of aryl methyl sites for hydroxylation is 1. The molecule has 1 fully saturated rings. The third kappa shape index (κ3) is 3.58. The molecule has 170 valence electrons. The van der Waals surface area contributed by atoms with Crippen LogP contribution in [0.2, 0.25) is 5.02 Å². The van der Waals surface area contributed by atoms with Crippen LogP contribution in [0.15, 0.2) is 47.4 Å². The van der Waals surface area contributed by atoms with E-state index in [1.807, 2.05) is 6.92 Å². The summed E-state index contributed by atoms with van der Waals surface area (Å²) in [6, 6.07) is 5.94. The number of halogens is 2. The van der Waals surface area contributed by atoms with Crippen LogP contribution in [0.3, 0.4) is 0 Å². The minimum Gasteiger partial charge on any atom is -0.472 e. The van der Waals surface area contributed by atoms with Crippen LogP contribution in [0, 0.1) is 18.2 Å². The quantitative estimate of drug-likeness (QED) is 0.401. The van der Waals surface area contributed by atoms with Gasteiger partial charge in [-0.25, -0.2) is 17.1 Å². The van der Waals surface area contributed by atoms with Crippen molar-refractivity contribution in [2.75, 3.05) is 12.8 Å². The van der Waals surface area contributed by atoms with Gasteiger partial charge in [-0.15, -0.1) is 11.3 Å². The number of aromatic nitrogens is 1. The van der Waals surface area contributed by atoms with Crippen LogP contribution in [0.1, 0.15) is 16.5 Å². The number of thiophene rings is 1. The molecule has 4 heterocycles. The summed E-state index contributed by atoms with van der Waals surface area (Å²) in [5.41, 5.74) is 3.14. The zero-order valence-electron chi connectivity index (χ0n) is 17.5. The van der Waals surface area contributed by atoms with E-state index in [1.165, 1.54) is 24.5 Å². The van der Waals surface area contributed by atoms with Crippen LogP contribution in [0.4, 0.5) is 4.39 Å². The van der Waals surface area contributed by atoms with Crippen molar-refractivity contribution in [2.24, 2.45) is 0 Å². The second-order valence-electron chi connectivity index (χ2n) is 7.77. The predicted octanol–water partition coefficient (Wildman–Crippen LogP) is 5.16. The summed E-state index contributed by atoms with van der Waals surface area (Å²) in [4.78, 5) is 4.97. The number of benzene rings is 1. The molecule has 2 N–H and O–H groups in total. The molecule has 0 aliphatic carbocycles. The molecule has 1 unspecified atom stereocenters. The standard InChI is InChI=1S/C22H18ClFN4O3S2/c1-11-8-31-9-15(11)12-3-4-13(16(24)7-12)19-20-14(5-6-26-19)18(23)21(32-20)17-10-33(29,30)28(2)22(25)27-17/h3-9,17H,10H2,1-2H3,(H2,25,27). The lowest BCUT2D eigenvalue weighted by Crippen LogP contribution is -2.51. The molecular formula is C22H18ClFN4O3S2. The number of nitrogens with zero attached hydrogens (tertiary/aromatic N) is 2. The van der Waals surface area contributed by atoms with E-state index in [0.29, 0.717) is 36.8 Å². The van der Waals surface area contributed by atoms with Gasteiger partial charge in [0.05, 0.1) is 39.7 Å². The Morgan fingerprint density at radius 1 is 1.30 bits per heavy atom. The van der Waals surface area contributed by atoms with Gasteiger partial charge in [0.2, 0.25) is 16.0 Å². The van der Waals surface area contributed by atoms with Crippen molar-refractivity contribution in [1.29, 1.82) is 5.41 Å². The first kappa shape index (κ1) is 21.9. The second-order valence-corrected chi connectivity index (χ2v) is 11.2. The molecule has 0 bridgehead atoms. The lowest BCUT2D eigenvalue weighted by Gasteiger charge is -2.31. The number of hydrogen-bond donors (Lipinski definition) is 2. The van der Waals surface area contributed by atoms with Gasteiger partial charge in [-0.05, 0) is 36.2 Å². The van der Waals surface area contributed by atoms with E-state index in [9.17, 15) is 8.42 Å². The van der Waals surface area contributed by atoms with Crippen molar-refractivity contribution in [3.63, 3.8) is 0 Å². The van der Waals surface area contributed by atoms with Gasteiger partial charge in [-0.3, -0.25) is 10.4 Å². The number of sulfonamides is 1. The van der Waals surface area contributed by atoms with Crippen LogP contribution in [0.25, 0.3) is 32.5 Å². The lowest BCUT2D eigenvalue weighted by atomic mass is 10.0. The Bertz CT molecular complexity index is 1530. The van der Waals surface area contributed by atoms with Crippen molar-refractivity contribution in [3.05, 3.63) is 64.3 Å². The molecule has 11 heteroatoms.